The van der Waals surface area contributed by atoms with Crippen LogP contribution in [0.5, 0.6) is 5.88 Å². The van der Waals surface area contributed by atoms with E-state index in [4.69, 9.17) is 11.6 Å². The lowest BCUT2D eigenvalue weighted by Gasteiger charge is -2.07. The van der Waals surface area contributed by atoms with Crippen molar-refractivity contribution >= 4 is 17.4 Å². The minimum Gasteiger partial charge on any atom is -0.493 e. The number of rotatable bonds is 3. The van der Waals surface area contributed by atoms with Gasteiger partial charge < -0.3 is 5.11 Å². The van der Waals surface area contributed by atoms with Gasteiger partial charge in [0.15, 0.2) is 0 Å². The highest BCUT2D eigenvalue weighted by Crippen LogP contribution is 2.43. The molecule has 3 rings (SSSR count). The second kappa shape index (κ2) is 4.84. The van der Waals surface area contributed by atoms with Crippen LogP contribution in [0.1, 0.15) is 45.9 Å². The molecule has 6 heteroatoms. The lowest BCUT2D eigenvalue weighted by molar-refractivity contribution is 0.103. The van der Waals surface area contributed by atoms with Crippen molar-refractivity contribution < 1.29 is 14.3 Å². The number of hydrogen-bond donors (Lipinski definition) is 1. The van der Waals surface area contributed by atoms with Gasteiger partial charge in [-0.25, -0.2) is 9.07 Å². The molecule has 0 radical (unpaired) electrons. The number of carbonyl (C=O) groups excluding carboxylic acids is 1. The van der Waals surface area contributed by atoms with E-state index in [1.165, 1.54) is 16.8 Å². The van der Waals surface area contributed by atoms with Gasteiger partial charge in [-0.2, -0.15) is 5.10 Å². The molecule has 21 heavy (non-hydrogen) atoms. The normalized spacial score (nSPS) is 14.5. The molecule has 0 spiro atoms. The van der Waals surface area contributed by atoms with Gasteiger partial charge in [0, 0.05) is 18.5 Å². The molecule has 1 heterocycles. The van der Waals surface area contributed by atoms with Crippen LogP contribution in [0.25, 0.3) is 0 Å². The van der Waals surface area contributed by atoms with E-state index in [-0.39, 0.29) is 27.9 Å². The van der Waals surface area contributed by atoms with Gasteiger partial charge in [0.05, 0.1) is 10.7 Å². The topological polar surface area (TPSA) is 55.1 Å². The van der Waals surface area contributed by atoms with E-state index in [9.17, 15) is 14.3 Å². The molecule has 0 atom stereocenters. The third kappa shape index (κ3) is 2.21. The molecular weight excluding hydrogens is 295 g/mol. The highest BCUT2D eigenvalue weighted by molar-refractivity contribution is 6.35. The Labute approximate surface area is 126 Å². The Morgan fingerprint density at radius 1 is 1.48 bits per heavy atom. The van der Waals surface area contributed by atoms with E-state index in [0.717, 1.165) is 12.8 Å². The van der Waals surface area contributed by atoms with Crippen LogP contribution < -0.4 is 0 Å². The fraction of sp³-hybridized carbons (Fsp3) is 0.333. The summed E-state index contributed by atoms with van der Waals surface area (Å²) in [6, 6.07) is 2.98. The molecule has 0 amide bonds. The predicted molar refractivity (Wildman–Crippen MR) is 76.4 cm³/mol. The molecule has 0 bridgehead atoms. The van der Waals surface area contributed by atoms with Crippen LogP contribution in [-0.2, 0) is 7.05 Å². The standard InChI is InChI=1S/C15H14ClFN2O2/c1-7-3-6-9(11(16)12(7)17)14(20)10-13(8-4-5-8)18-19(2)15(10)21/h3,6,8,21H,4-5H2,1-2H3. The summed E-state index contributed by atoms with van der Waals surface area (Å²) in [5, 5.41) is 14.1. The average molecular weight is 309 g/mol. The Balaban J connectivity index is 2.13. The number of aromatic nitrogens is 2. The summed E-state index contributed by atoms with van der Waals surface area (Å²) in [5.74, 6) is -1.13. The first-order valence-electron chi connectivity index (χ1n) is 6.67. The van der Waals surface area contributed by atoms with Crippen molar-refractivity contribution in [3.8, 4) is 5.88 Å². The van der Waals surface area contributed by atoms with Crippen molar-refractivity contribution in [1.82, 2.24) is 9.78 Å². The number of benzene rings is 1. The maximum Gasteiger partial charge on any atom is 0.220 e. The molecule has 110 valence electrons. The Morgan fingerprint density at radius 3 is 2.76 bits per heavy atom. The SMILES string of the molecule is Cc1ccc(C(=O)c2c(C3CC3)nn(C)c2O)c(Cl)c1F. The Morgan fingerprint density at radius 2 is 2.14 bits per heavy atom. The van der Waals surface area contributed by atoms with E-state index >= 15 is 0 Å². The van der Waals surface area contributed by atoms with E-state index in [0.29, 0.717) is 11.3 Å². The Bertz CT molecular complexity index is 751. The minimum absolute atomic E-state index is 0.0463. The van der Waals surface area contributed by atoms with Crippen LogP contribution >= 0.6 is 11.6 Å². The third-order valence-electron chi connectivity index (χ3n) is 3.76. The van der Waals surface area contributed by atoms with Crippen LogP contribution in [0.15, 0.2) is 12.1 Å². The van der Waals surface area contributed by atoms with Crippen LogP contribution in [0.2, 0.25) is 5.02 Å². The lowest BCUT2D eigenvalue weighted by Crippen LogP contribution is -2.06. The molecule has 1 aliphatic rings. The Kier molecular flexibility index (Phi) is 3.24. The van der Waals surface area contributed by atoms with Gasteiger partial charge in [-0.15, -0.1) is 0 Å². The number of halogens is 2. The molecule has 0 unspecified atom stereocenters. The second-order valence-electron chi connectivity index (χ2n) is 5.37. The number of carbonyl (C=O) groups is 1. The first kappa shape index (κ1) is 14.1. The van der Waals surface area contributed by atoms with Crippen molar-refractivity contribution in [1.29, 1.82) is 0 Å². The predicted octanol–water partition coefficient (Wildman–Crippen LogP) is 3.34. The van der Waals surface area contributed by atoms with Crippen molar-refractivity contribution in [2.75, 3.05) is 0 Å². The van der Waals surface area contributed by atoms with Gasteiger partial charge in [0.1, 0.15) is 11.4 Å². The lowest BCUT2D eigenvalue weighted by atomic mass is 10.00. The largest absolute Gasteiger partial charge is 0.493 e. The van der Waals surface area contributed by atoms with Gasteiger partial charge >= 0.3 is 0 Å². The molecule has 0 aliphatic heterocycles. The molecule has 1 aliphatic carbocycles. The van der Waals surface area contributed by atoms with Crippen LogP contribution in [0.3, 0.4) is 0 Å². The number of aromatic hydroxyl groups is 1. The summed E-state index contributed by atoms with van der Waals surface area (Å²) in [6.45, 7) is 1.58. The van der Waals surface area contributed by atoms with Crippen LogP contribution in [0, 0.1) is 12.7 Å². The summed E-state index contributed by atoms with van der Waals surface area (Å²) in [6.07, 6.45) is 1.87. The smallest absolute Gasteiger partial charge is 0.220 e. The molecule has 4 nitrogen and oxygen atoms in total. The van der Waals surface area contributed by atoms with Crippen molar-refractivity contribution in [3.63, 3.8) is 0 Å². The van der Waals surface area contributed by atoms with Crippen LogP contribution in [0.4, 0.5) is 4.39 Å². The molecule has 1 saturated carbocycles. The van der Waals surface area contributed by atoms with E-state index in [1.54, 1.807) is 14.0 Å². The molecule has 1 N–H and O–H groups in total. The highest BCUT2D eigenvalue weighted by atomic mass is 35.5. The second-order valence-corrected chi connectivity index (χ2v) is 5.75. The number of nitrogens with zero attached hydrogens (tertiary/aromatic N) is 2. The van der Waals surface area contributed by atoms with E-state index in [1.807, 2.05) is 0 Å². The Hall–Kier alpha value is -1.88. The zero-order valence-corrected chi connectivity index (χ0v) is 12.4. The summed E-state index contributed by atoms with van der Waals surface area (Å²) >= 11 is 5.95. The van der Waals surface area contributed by atoms with Crippen molar-refractivity contribution in [3.05, 3.63) is 45.4 Å². The molecule has 0 saturated heterocycles. The van der Waals surface area contributed by atoms with Gasteiger partial charge in [0.2, 0.25) is 11.7 Å². The molecule has 1 fully saturated rings. The first-order valence-corrected chi connectivity index (χ1v) is 7.04. The summed E-state index contributed by atoms with van der Waals surface area (Å²) in [5.41, 5.74) is 1.11. The minimum atomic E-state index is -0.612. The number of aryl methyl sites for hydroxylation is 2. The number of ketones is 1. The maximum absolute atomic E-state index is 13.9. The molecule has 2 aromatic rings. The zero-order chi connectivity index (χ0) is 15.3. The van der Waals surface area contributed by atoms with Gasteiger partial charge in [-0.05, 0) is 31.4 Å². The maximum atomic E-state index is 13.9. The summed E-state index contributed by atoms with van der Waals surface area (Å²) in [4.78, 5) is 12.7. The third-order valence-corrected chi connectivity index (χ3v) is 4.12. The van der Waals surface area contributed by atoms with E-state index < -0.39 is 11.6 Å². The van der Waals surface area contributed by atoms with Crippen molar-refractivity contribution in [2.24, 2.45) is 7.05 Å². The highest BCUT2D eigenvalue weighted by Gasteiger charge is 2.35. The summed E-state index contributed by atoms with van der Waals surface area (Å²) in [7, 11) is 1.56. The quantitative estimate of drug-likeness (QED) is 0.885. The molecule has 1 aromatic carbocycles. The fourth-order valence-corrected chi connectivity index (χ4v) is 2.65. The van der Waals surface area contributed by atoms with Gasteiger partial charge in [-0.3, -0.25) is 4.79 Å². The molecule has 1 aromatic heterocycles. The number of hydrogen-bond acceptors (Lipinski definition) is 3. The van der Waals surface area contributed by atoms with Gasteiger partial charge in [0.25, 0.3) is 0 Å². The molecular formula is C15H14ClFN2O2. The fourth-order valence-electron chi connectivity index (χ4n) is 2.35. The van der Waals surface area contributed by atoms with Crippen molar-refractivity contribution in [2.45, 2.75) is 25.7 Å². The zero-order valence-electron chi connectivity index (χ0n) is 11.7. The van der Waals surface area contributed by atoms with Gasteiger partial charge in [-0.1, -0.05) is 17.7 Å². The monoisotopic (exact) mass is 308 g/mol. The summed E-state index contributed by atoms with van der Waals surface area (Å²) < 4.78 is 15.1. The van der Waals surface area contributed by atoms with E-state index in [2.05, 4.69) is 5.10 Å². The first-order chi connectivity index (χ1) is 9.91. The average Bonchev–Trinajstić information content (AvgIpc) is 3.24. The van der Waals surface area contributed by atoms with Crippen LogP contribution in [-0.4, -0.2) is 20.7 Å².